The molecule has 0 saturated heterocycles. The van der Waals surface area contributed by atoms with Crippen molar-refractivity contribution in [2.75, 3.05) is 0 Å². The number of hydrogen-bond donors (Lipinski definition) is 2. The number of aryl methyl sites for hydroxylation is 1. The van der Waals surface area contributed by atoms with Crippen molar-refractivity contribution >= 4 is 27.2 Å². The maximum Gasteiger partial charge on any atom is 0.241 e. The molecule has 8 heteroatoms. The molecule has 0 saturated carbocycles. The molecule has 0 unspecified atom stereocenters. The van der Waals surface area contributed by atoms with Crippen LogP contribution in [0.15, 0.2) is 41.7 Å². The van der Waals surface area contributed by atoms with E-state index in [2.05, 4.69) is 14.7 Å². The third-order valence-electron chi connectivity index (χ3n) is 2.84. The number of thiocarbonyl (C=S) groups is 1. The van der Waals surface area contributed by atoms with E-state index in [1.807, 2.05) is 0 Å². The van der Waals surface area contributed by atoms with Crippen LogP contribution < -0.4 is 10.5 Å². The molecule has 0 amide bonds. The third-order valence-corrected chi connectivity index (χ3v) is 4.63. The Bertz CT molecular complexity index is 761. The molecular weight excluding hydrogens is 308 g/mol. The molecule has 21 heavy (non-hydrogen) atoms. The van der Waals surface area contributed by atoms with E-state index in [4.69, 9.17) is 18.0 Å². The normalized spacial score (nSPS) is 11.3. The van der Waals surface area contributed by atoms with Crippen LogP contribution in [0.25, 0.3) is 0 Å². The SMILES string of the molecule is Cc1cc(C(N)=S)ccc1S(=O)(=O)NCc1ccncn1. The van der Waals surface area contributed by atoms with Gasteiger partial charge in [-0.3, -0.25) is 0 Å². The van der Waals surface area contributed by atoms with Crippen LogP contribution in [0, 0.1) is 6.92 Å². The van der Waals surface area contributed by atoms with E-state index >= 15 is 0 Å². The summed E-state index contributed by atoms with van der Waals surface area (Å²) in [6, 6.07) is 6.38. The number of nitrogens with one attached hydrogen (secondary N) is 1. The molecule has 2 aromatic rings. The van der Waals surface area contributed by atoms with E-state index in [9.17, 15) is 8.42 Å². The summed E-state index contributed by atoms with van der Waals surface area (Å²) in [5.74, 6) is 0. The van der Waals surface area contributed by atoms with Gasteiger partial charge in [0.15, 0.2) is 0 Å². The summed E-state index contributed by atoms with van der Waals surface area (Å²) >= 11 is 4.87. The molecule has 1 aromatic carbocycles. The molecule has 3 N–H and O–H groups in total. The van der Waals surface area contributed by atoms with E-state index in [1.54, 1.807) is 31.3 Å². The van der Waals surface area contributed by atoms with E-state index in [0.717, 1.165) is 0 Å². The van der Waals surface area contributed by atoms with E-state index in [-0.39, 0.29) is 16.4 Å². The molecule has 0 bridgehead atoms. The van der Waals surface area contributed by atoms with Gasteiger partial charge in [-0.25, -0.2) is 23.1 Å². The molecule has 110 valence electrons. The summed E-state index contributed by atoms with van der Waals surface area (Å²) in [5.41, 5.74) is 7.33. The lowest BCUT2D eigenvalue weighted by Crippen LogP contribution is -2.24. The lowest BCUT2D eigenvalue weighted by Gasteiger charge is -2.10. The Morgan fingerprint density at radius 2 is 2.14 bits per heavy atom. The molecule has 0 aliphatic rings. The average molecular weight is 322 g/mol. The molecule has 6 nitrogen and oxygen atoms in total. The number of rotatable bonds is 5. The van der Waals surface area contributed by atoms with Gasteiger partial charge in [0.25, 0.3) is 0 Å². The lowest BCUT2D eigenvalue weighted by molar-refractivity contribution is 0.579. The molecule has 0 fully saturated rings. The van der Waals surface area contributed by atoms with Gasteiger partial charge in [-0.15, -0.1) is 0 Å². The first-order chi connectivity index (χ1) is 9.90. The summed E-state index contributed by atoms with van der Waals surface area (Å²) in [6.07, 6.45) is 2.92. The number of nitrogens with two attached hydrogens (primary N) is 1. The molecule has 0 spiro atoms. The van der Waals surface area contributed by atoms with Gasteiger partial charge in [0.05, 0.1) is 17.1 Å². The van der Waals surface area contributed by atoms with E-state index in [1.165, 1.54) is 12.4 Å². The number of nitrogens with zero attached hydrogens (tertiary/aromatic N) is 2. The molecule has 0 aliphatic heterocycles. The highest BCUT2D eigenvalue weighted by molar-refractivity contribution is 7.89. The Balaban J connectivity index is 2.22. The number of benzene rings is 1. The average Bonchev–Trinajstić information content (AvgIpc) is 2.46. The third kappa shape index (κ3) is 3.81. The number of sulfonamides is 1. The quantitative estimate of drug-likeness (QED) is 0.794. The van der Waals surface area contributed by atoms with Crippen LogP contribution in [0.1, 0.15) is 16.8 Å². The largest absolute Gasteiger partial charge is 0.389 e. The topological polar surface area (TPSA) is 98.0 Å². The summed E-state index contributed by atoms with van der Waals surface area (Å²) in [5, 5.41) is 0. The van der Waals surface area contributed by atoms with Crippen LogP contribution in [0.3, 0.4) is 0 Å². The van der Waals surface area contributed by atoms with Crippen molar-refractivity contribution in [1.29, 1.82) is 0 Å². The fourth-order valence-corrected chi connectivity index (χ4v) is 3.12. The fraction of sp³-hybridized carbons (Fsp3) is 0.154. The van der Waals surface area contributed by atoms with Gasteiger partial charge >= 0.3 is 0 Å². The molecule has 1 heterocycles. The first-order valence-electron chi connectivity index (χ1n) is 6.05. The Hall–Kier alpha value is -1.90. The molecule has 1 aromatic heterocycles. The van der Waals surface area contributed by atoms with E-state index in [0.29, 0.717) is 16.8 Å². The standard InChI is InChI=1S/C13H14N4O2S2/c1-9-6-10(13(14)20)2-3-12(9)21(18,19)17-7-11-4-5-15-8-16-11/h2-6,8,17H,7H2,1H3,(H2,14,20). The van der Waals surface area contributed by atoms with Gasteiger partial charge in [-0.05, 0) is 30.7 Å². The summed E-state index contributed by atoms with van der Waals surface area (Å²) in [7, 11) is -3.63. The Morgan fingerprint density at radius 1 is 1.38 bits per heavy atom. The highest BCUT2D eigenvalue weighted by Gasteiger charge is 2.17. The first kappa shape index (κ1) is 15.5. The maximum absolute atomic E-state index is 12.3. The van der Waals surface area contributed by atoms with Gasteiger partial charge in [0.1, 0.15) is 11.3 Å². The van der Waals surface area contributed by atoms with Gasteiger partial charge in [0, 0.05) is 11.8 Å². The van der Waals surface area contributed by atoms with Gasteiger partial charge < -0.3 is 5.73 Å². The summed E-state index contributed by atoms with van der Waals surface area (Å²) < 4.78 is 27.1. The highest BCUT2D eigenvalue weighted by Crippen LogP contribution is 2.17. The predicted molar refractivity (Wildman–Crippen MR) is 83.1 cm³/mol. The Morgan fingerprint density at radius 3 is 2.71 bits per heavy atom. The second-order valence-electron chi connectivity index (χ2n) is 4.37. The minimum Gasteiger partial charge on any atom is -0.389 e. The zero-order valence-electron chi connectivity index (χ0n) is 11.3. The molecule has 2 rings (SSSR count). The van der Waals surface area contributed by atoms with Crippen LogP contribution in [0.2, 0.25) is 0 Å². The molecule has 0 radical (unpaired) electrons. The fourth-order valence-electron chi connectivity index (χ4n) is 1.77. The number of hydrogen-bond acceptors (Lipinski definition) is 5. The maximum atomic E-state index is 12.3. The zero-order valence-corrected chi connectivity index (χ0v) is 12.9. The highest BCUT2D eigenvalue weighted by atomic mass is 32.2. The Kier molecular flexibility index (Phi) is 4.61. The molecule has 0 atom stereocenters. The van der Waals surface area contributed by atoms with Crippen LogP contribution in [0.5, 0.6) is 0 Å². The van der Waals surface area contributed by atoms with Crippen LogP contribution >= 0.6 is 12.2 Å². The number of aromatic nitrogens is 2. The minimum absolute atomic E-state index is 0.0986. The van der Waals surface area contributed by atoms with Crippen molar-refractivity contribution in [1.82, 2.24) is 14.7 Å². The van der Waals surface area contributed by atoms with Crippen molar-refractivity contribution < 1.29 is 8.42 Å². The predicted octanol–water partition coefficient (Wildman–Crippen LogP) is 0.898. The molecular formula is C13H14N4O2S2. The van der Waals surface area contributed by atoms with E-state index < -0.39 is 10.0 Å². The monoisotopic (exact) mass is 322 g/mol. The van der Waals surface area contributed by atoms with Gasteiger partial charge in [0.2, 0.25) is 10.0 Å². The van der Waals surface area contributed by atoms with Crippen molar-refractivity contribution in [2.45, 2.75) is 18.4 Å². The van der Waals surface area contributed by atoms with Crippen molar-refractivity contribution in [3.63, 3.8) is 0 Å². The lowest BCUT2D eigenvalue weighted by atomic mass is 10.1. The van der Waals surface area contributed by atoms with Gasteiger partial charge in [-0.2, -0.15) is 0 Å². The smallest absolute Gasteiger partial charge is 0.241 e. The molecule has 0 aliphatic carbocycles. The van der Waals surface area contributed by atoms with Crippen LogP contribution in [-0.2, 0) is 16.6 Å². The summed E-state index contributed by atoms with van der Waals surface area (Å²) in [6.45, 7) is 1.79. The van der Waals surface area contributed by atoms with Crippen molar-refractivity contribution in [3.05, 3.63) is 53.6 Å². The zero-order chi connectivity index (χ0) is 15.5. The van der Waals surface area contributed by atoms with Crippen molar-refractivity contribution in [2.24, 2.45) is 5.73 Å². The van der Waals surface area contributed by atoms with Crippen LogP contribution in [0.4, 0.5) is 0 Å². The second kappa shape index (κ2) is 6.25. The Labute approximate surface area is 128 Å². The van der Waals surface area contributed by atoms with Crippen LogP contribution in [-0.4, -0.2) is 23.4 Å². The summed E-state index contributed by atoms with van der Waals surface area (Å²) in [4.78, 5) is 8.16. The minimum atomic E-state index is -3.63. The first-order valence-corrected chi connectivity index (χ1v) is 7.94. The second-order valence-corrected chi connectivity index (χ2v) is 6.54. The van der Waals surface area contributed by atoms with Crippen molar-refractivity contribution in [3.8, 4) is 0 Å². The van der Waals surface area contributed by atoms with Gasteiger partial charge in [-0.1, -0.05) is 18.3 Å².